The van der Waals surface area contributed by atoms with Crippen molar-refractivity contribution in [1.82, 2.24) is 9.80 Å². The van der Waals surface area contributed by atoms with Crippen LogP contribution in [0.2, 0.25) is 0 Å². The van der Waals surface area contributed by atoms with Gasteiger partial charge in [-0.3, -0.25) is 4.79 Å². The number of hydrogen-bond donors (Lipinski definition) is 1. The van der Waals surface area contributed by atoms with Gasteiger partial charge >= 0.3 is 5.97 Å². The molecular weight excluding hydrogens is 192 g/mol. The molecule has 0 spiro atoms. The van der Waals surface area contributed by atoms with Crippen molar-refractivity contribution in [3.63, 3.8) is 0 Å². The molecule has 0 fully saturated rings. The van der Waals surface area contributed by atoms with Gasteiger partial charge in [-0.25, -0.2) is 0 Å². The predicted molar refractivity (Wildman–Crippen MR) is 62.2 cm³/mol. The quantitative estimate of drug-likeness (QED) is 0.587. The number of likely N-dealkylation sites (N-methyl/N-ethyl adjacent to an activating group) is 2. The first-order chi connectivity index (χ1) is 7.02. The van der Waals surface area contributed by atoms with E-state index in [9.17, 15) is 4.79 Å². The van der Waals surface area contributed by atoms with Crippen molar-refractivity contribution in [2.45, 2.75) is 25.7 Å². The second-order valence-corrected chi connectivity index (χ2v) is 4.31. The van der Waals surface area contributed by atoms with Crippen LogP contribution in [0, 0.1) is 0 Å². The summed E-state index contributed by atoms with van der Waals surface area (Å²) in [6, 6.07) is 0. The summed E-state index contributed by atoms with van der Waals surface area (Å²) in [5.41, 5.74) is 0. The summed E-state index contributed by atoms with van der Waals surface area (Å²) < 4.78 is 0. The van der Waals surface area contributed by atoms with E-state index < -0.39 is 5.97 Å². The molecule has 0 aliphatic heterocycles. The maximum absolute atomic E-state index is 10.3. The summed E-state index contributed by atoms with van der Waals surface area (Å²) in [5.74, 6) is -0.684. The van der Waals surface area contributed by atoms with Gasteiger partial charge in [0.05, 0.1) is 0 Å². The van der Waals surface area contributed by atoms with E-state index >= 15 is 0 Å². The molecule has 0 aliphatic rings. The average molecular weight is 216 g/mol. The lowest BCUT2D eigenvalue weighted by atomic mass is 10.2. The number of nitrogens with zero attached hydrogens (tertiary/aromatic N) is 2. The Hall–Kier alpha value is -0.610. The van der Waals surface area contributed by atoms with Crippen LogP contribution >= 0.6 is 0 Å². The molecule has 0 atom stereocenters. The molecular formula is C11H24N2O2. The summed E-state index contributed by atoms with van der Waals surface area (Å²) in [7, 11) is 6.25. The van der Waals surface area contributed by atoms with E-state index in [2.05, 4.69) is 30.9 Å². The summed E-state index contributed by atoms with van der Waals surface area (Å²) in [5, 5.41) is 8.45. The van der Waals surface area contributed by atoms with Crippen LogP contribution in [0.1, 0.15) is 25.7 Å². The van der Waals surface area contributed by atoms with E-state index in [0.717, 1.165) is 38.9 Å². The molecule has 90 valence electrons. The highest BCUT2D eigenvalue weighted by molar-refractivity contribution is 5.66. The minimum absolute atomic E-state index is 0.307. The topological polar surface area (TPSA) is 43.8 Å². The predicted octanol–water partition coefficient (Wildman–Crippen LogP) is 1.12. The zero-order valence-corrected chi connectivity index (χ0v) is 10.2. The van der Waals surface area contributed by atoms with Crippen molar-refractivity contribution in [3.8, 4) is 0 Å². The fraction of sp³-hybridized carbons (Fsp3) is 0.909. The molecule has 4 heteroatoms. The molecule has 0 bridgehead atoms. The van der Waals surface area contributed by atoms with Gasteiger partial charge in [-0.05, 0) is 40.5 Å². The number of carbonyl (C=O) groups is 1. The molecule has 0 aromatic heterocycles. The minimum atomic E-state index is -0.684. The van der Waals surface area contributed by atoms with Gasteiger partial charge in [0.2, 0.25) is 0 Å². The van der Waals surface area contributed by atoms with Crippen LogP contribution in [0.4, 0.5) is 0 Å². The Kier molecular flexibility index (Phi) is 8.33. The Morgan fingerprint density at radius 1 is 1.00 bits per heavy atom. The summed E-state index contributed by atoms with van der Waals surface area (Å²) in [6.45, 7) is 3.21. The van der Waals surface area contributed by atoms with Crippen LogP contribution in [-0.4, -0.2) is 61.7 Å². The van der Waals surface area contributed by atoms with Gasteiger partial charge < -0.3 is 14.9 Å². The lowest BCUT2D eigenvalue weighted by Gasteiger charge is -2.18. The Labute approximate surface area is 92.9 Å². The third-order valence-corrected chi connectivity index (χ3v) is 2.36. The highest BCUT2D eigenvalue weighted by Gasteiger charge is 2.00. The molecule has 1 N–H and O–H groups in total. The average Bonchev–Trinajstić information content (AvgIpc) is 2.13. The van der Waals surface area contributed by atoms with Crippen molar-refractivity contribution in [2.24, 2.45) is 0 Å². The SMILES string of the molecule is CN(C)CCN(C)CCCCCC(=O)O. The summed E-state index contributed by atoms with van der Waals surface area (Å²) >= 11 is 0. The van der Waals surface area contributed by atoms with Crippen LogP contribution in [0.5, 0.6) is 0 Å². The first-order valence-corrected chi connectivity index (χ1v) is 5.57. The van der Waals surface area contributed by atoms with E-state index in [-0.39, 0.29) is 0 Å². The number of carboxylic acids is 1. The van der Waals surface area contributed by atoms with Gasteiger partial charge in [0, 0.05) is 19.5 Å². The van der Waals surface area contributed by atoms with E-state index in [1.54, 1.807) is 0 Å². The number of unbranched alkanes of at least 4 members (excludes halogenated alkanes) is 2. The number of carboxylic acid groups (broad SMARTS) is 1. The highest BCUT2D eigenvalue weighted by atomic mass is 16.4. The zero-order chi connectivity index (χ0) is 11.7. The Balaban J connectivity index is 3.23. The smallest absolute Gasteiger partial charge is 0.303 e. The van der Waals surface area contributed by atoms with Crippen molar-refractivity contribution in [1.29, 1.82) is 0 Å². The summed E-state index contributed by atoms with van der Waals surface area (Å²) in [6.07, 6.45) is 3.22. The standard InChI is InChI=1S/C11H24N2O2/c1-12(2)9-10-13(3)8-6-4-5-7-11(14)15/h4-10H2,1-3H3,(H,14,15). The monoisotopic (exact) mass is 216 g/mol. The highest BCUT2D eigenvalue weighted by Crippen LogP contribution is 2.00. The molecule has 0 aromatic rings. The molecule has 4 nitrogen and oxygen atoms in total. The van der Waals surface area contributed by atoms with E-state index in [1.165, 1.54) is 0 Å². The fourth-order valence-corrected chi connectivity index (χ4v) is 1.32. The zero-order valence-electron chi connectivity index (χ0n) is 10.2. The van der Waals surface area contributed by atoms with Crippen molar-refractivity contribution in [2.75, 3.05) is 40.8 Å². The van der Waals surface area contributed by atoms with Crippen molar-refractivity contribution >= 4 is 5.97 Å². The van der Waals surface area contributed by atoms with Crippen LogP contribution in [0.25, 0.3) is 0 Å². The summed E-state index contributed by atoms with van der Waals surface area (Å²) in [4.78, 5) is 14.7. The molecule has 0 saturated carbocycles. The van der Waals surface area contributed by atoms with Crippen LogP contribution in [0.15, 0.2) is 0 Å². The maximum atomic E-state index is 10.3. The maximum Gasteiger partial charge on any atom is 0.303 e. The first kappa shape index (κ1) is 14.4. The van der Waals surface area contributed by atoms with E-state index in [1.807, 2.05) is 0 Å². The second kappa shape index (κ2) is 8.68. The van der Waals surface area contributed by atoms with Crippen LogP contribution < -0.4 is 0 Å². The molecule has 0 aromatic carbocycles. The normalized spacial score (nSPS) is 11.3. The largest absolute Gasteiger partial charge is 0.481 e. The number of aliphatic carboxylic acids is 1. The minimum Gasteiger partial charge on any atom is -0.481 e. The third kappa shape index (κ3) is 11.3. The molecule has 0 heterocycles. The Morgan fingerprint density at radius 3 is 2.20 bits per heavy atom. The van der Waals surface area contributed by atoms with Gasteiger partial charge in [0.15, 0.2) is 0 Å². The second-order valence-electron chi connectivity index (χ2n) is 4.31. The van der Waals surface area contributed by atoms with Gasteiger partial charge in [-0.1, -0.05) is 6.42 Å². The van der Waals surface area contributed by atoms with Crippen molar-refractivity contribution < 1.29 is 9.90 Å². The van der Waals surface area contributed by atoms with Gasteiger partial charge in [-0.15, -0.1) is 0 Å². The molecule has 0 radical (unpaired) electrons. The Bertz CT molecular complexity index is 172. The molecule has 0 amide bonds. The first-order valence-electron chi connectivity index (χ1n) is 5.57. The van der Waals surface area contributed by atoms with Crippen LogP contribution in [0.3, 0.4) is 0 Å². The lowest BCUT2D eigenvalue weighted by molar-refractivity contribution is -0.137. The van der Waals surface area contributed by atoms with Crippen molar-refractivity contribution in [3.05, 3.63) is 0 Å². The van der Waals surface area contributed by atoms with Crippen LogP contribution in [-0.2, 0) is 4.79 Å². The van der Waals surface area contributed by atoms with Gasteiger partial charge in [0.25, 0.3) is 0 Å². The molecule has 0 unspecified atom stereocenters. The third-order valence-electron chi connectivity index (χ3n) is 2.36. The van der Waals surface area contributed by atoms with Gasteiger partial charge in [-0.2, -0.15) is 0 Å². The van der Waals surface area contributed by atoms with Gasteiger partial charge in [0.1, 0.15) is 0 Å². The fourth-order valence-electron chi connectivity index (χ4n) is 1.32. The molecule has 15 heavy (non-hydrogen) atoms. The number of hydrogen-bond acceptors (Lipinski definition) is 3. The Morgan fingerprint density at radius 2 is 1.67 bits per heavy atom. The van der Waals surface area contributed by atoms with E-state index in [0.29, 0.717) is 6.42 Å². The molecule has 0 aliphatic carbocycles. The van der Waals surface area contributed by atoms with E-state index in [4.69, 9.17) is 5.11 Å². The molecule has 0 saturated heterocycles. The number of rotatable bonds is 9. The molecule has 0 rings (SSSR count). The lowest BCUT2D eigenvalue weighted by Crippen LogP contribution is -2.29.